The van der Waals surface area contributed by atoms with E-state index in [1.165, 1.54) is 16.0 Å². The lowest BCUT2D eigenvalue weighted by Gasteiger charge is -2.19. The monoisotopic (exact) mass is 217 g/mol. The first-order chi connectivity index (χ1) is 7.45. The number of fused-ring (bicyclic) bond motifs is 1. The summed E-state index contributed by atoms with van der Waals surface area (Å²) in [5.41, 5.74) is 4.37. The van der Waals surface area contributed by atoms with Crippen molar-refractivity contribution in [3.63, 3.8) is 0 Å². The number of aryl methyl sites for hydroxylation is 1. The minimum absolute atomic E-state index is 0.836. The molecule has 0 radical (unpaired) electrons. The van der Waals surface area contributed by atoms with Crippen LogP contribution in [0.5, 0.6) is 5.75 Å². The van der Waals surface area contributed by atoms with Gasteiger partial charge in [-0.3, -0.25) is 4.98 Å². The molecule has 1 aromatic carbocycles. The first-order valence-corrected chi connectivity index (χ1v) is 5.96. The molecule has 2 heterocycles. The number of nitrogens with zero attached hydrogens (tertiary/aromatic N) is 1. The maximum atomic E-state index is 5.76. The zero-order valence-corrected chi connectivity index (χ0v) is 9.09. The molecule has 0 aliphatic carbocycles. The number of para-hydroxylation sites is 1. The Kier molecular flexibility index (Phi) is 2.18. The van der Waals surface area contributed by atoms with Gasteiger partial charge in [0.1, 0.15) is 5.75 Å². The van der Waals surface area contributed by atoms with E-state index in [4.69, 9.17) is 4.74 Å². The lowest BCUT2D eigenvalue weighted by atomic mass is 10.0. The van der Waals surface area contributed by atoms with Gasteiger partial charge < -0.3 is 4.74 Å². The summed E-state index contributed by atoms with van der Waals surface area (Å²) in [6.45, 7) is 0.836. The topological polar surface area (TPSA) is 22.1 Å². The van der Waals surface area contributed by atoms with E-state index in [1.54, 1.807) is 11.3 Å². The molecule has 1 aromatic heterocycles. The molecular formula is C12H11NOS. The van der Waals surface area contributed by atoms with Crippen LogP contribution in [-0.4, -0.2) is 11.6 Å². The van der Waals surface area contributed by atoms with Crippen molar-refractivity contribution < 1.29 is 4.74 Å². The molecule has 0 N–H and O–H groups in total. The average Bonchev–Trinajstić information content (AvgIpc) is 2.82. The van der Waals surface area contributed by atoms with E-state index in [-0.39, 0.29) is 0 Å². The van der Waals surface area contributed by atoms with Crippen molar-refractivity contribution in [1.29, 1.82) is 0 Å². The highest BCUT2D eigenvalue weighted by atomic mass is 32.1. The fourth-order valence-electron chi connectivity index (χ4n) is 1.93. The minimum Gasteiger partial charge on any atom is -0.493 e. The van der Waals surface area contributed by atoms with Crippen molar-refractivity contribution in [2.24, 2.45) is 0 Å². The number of hydrogen-bond acceptors (Lipinski definition) is 3. The van der Waals surface area contributed by atoms with E-state index < -0.39 is 0 Å². The average molecular weight is 217 g/mol. The first-order valence-electron chi connectivity index (χ1n) is 5.09. The van der Waals surface area contributed by atoms with Crippen LogP contribution in [0.25, 0.3) is 10.4 Å². The van der Waals surface area contributed by atoms with Crippen LogP contribution in [0.1, 0.15) is 12.0 Å². The number of rotatable bonds is 1. The number of aromatic nitrogens is 1. The number of hydrogen-bond donors (Lipinski definition) is 0. The Balaban J connectivity index is 2.15. The summed E-state index contributed by atoms with van der Waals surface area (Å²) >= 11 is 1.66. The Morgan fingerprint density at radius 2 is 2.33 bits per heavy atom. The maximum Gasteiger partial charge on any atom is 0.131 e. The van der Waals surface area contributed by atoms with E-state index in [0.717, 1.165) is 25.2 Å². The van der Waals surface area contributed by atoms with Crippen LogP contribution in [-0.2, 0) is 6.42 Å². The number of thiazole rings is 1. The van der Waals surface area contributed by atoms with Gasteiger partial charge in [0, 0.05) is 11.8 Å². The van der Waals surface area contributed by atoms with Crippen molar-refractivity contribution in [2.75, 3.05) is 6.61 Å². The molecule has 0 amide bonds. The molecule has 2 aromatic rings. The Morgan fingerprint density at radius 1 is 1.33 bits per heavy atom. The van der Waals surface area contributed by atoms with E-state index in [2.05, 4.69) is 23.2 Å². The molecule has 0 saturated carbocycles. The zero-order valence-electron chi connectivity index (χ0n) is 8.27. The normalized spacial score (nSPS) is 14.4. The van der Waals surface area contributed by atoms with Gasteiger partial charge in [-0.25, -0.2) is 0 Å². The Bertz CT molecular complexity index is 464. The molecule has 1 aliphatic rings. The number of benzene rings is 1. The third kappa shape index (κ3) is 1.53. The molecule has 0 fully saturated rings. The third-order valence-corrected chi connectivity index (χ3v) is 3.44. The molecule has 3 rings (SSSR count). The van der Waals surface area contributed by atoms with Gasteiger partial charge in [0.15, 0.2) is 0 Å². The third-order valence-electron chi connectivity index (χ3n) is 2.63. The van der Waals surface area contributed by atoms with Crippen LogP contribution in [0, 0.1) is 0 Å². The second-order valence-corrected chi connectivity index (χ2v) is 4.50. The lowest BCUT2D eigenvalue weighted by molar-refractivity contribution is 0.290. The van der Waals surface area contributed by atoms with Gasteiger partial charge in [0.25, 0.3) is 0 Å². The van der Waals surface area contributed by atoms with Gasteiger partial charge in [0.05, 0.1) is 17.0 Å². The Labute approximate surface area is 92.6 Å². The summed E-state index contributed by atoms with van der Waals surface area (Å²) in [7, 11) is 0. The highest BCUT2D eigenvalue weighted by molar-refractivity contribution is 7.13. The van der Waals surface area contributed by atoms with E-state index in [0.29, 0.717) is 0 Å². The molecule has 76 valence electrons. The fourth-order valence-corrected chi connectivity index (χ4v) is 2.58. The molecule has 0 spiro atoms. The Hall–Kier alpha value is -1.35. The minimum atomic E-state index is 0.836. The molecule has 0 bridgehead atoms. The summed E-state index contributed by atoms with van der Waals surface area (Å²) in [6, 6.07) is 6.36. The van der Waals surface area contributed by atoms with Crippen LogP contribution in [0.3, 0.4) is 0 Å². The predicted octanol–water partition coefficient (Wildman–Crippen LogP) is 3.14. The van der Waals surface area contributed by atoms with Crippen molar-refractivity contribution in [1.82, 2.24) is 4.98 Å². The van der Waals surface area contributed by atoms with Crippen LogP contribution in [0.4, 0.5) is 0 Å². The standard InChI is InChI=1S/C12H11NOS/c1-3-9-4-2-6-14-12(9)10(5-1)11-7-13-8-15-11/h1,3,5,7-8H,2,4,6H2. The second-order valence-electron chi connectivity index (χ2n) is 3.61. The van der Waals surface area contributed by atoms with Gasteiger partial charge in [-0.05, 0) is 24.5 Å². The van der Waals surface area contributed by atoms with Gasteiger partial charge in [0.2, 0.25) is 0 Å². The van der Waals surface area contributed by atoms with Gasteiger partial charge >= 0.3 is 0 Å². The summed E-state index contributed by atoms with van der Waals surface area (Å²) in [4.78, 5) is 5.30. The van der Waals surface area contributed by atoms with E-state index in [1.807, 2.05) is 11.7 Å². The van der Waals surface area contributed by atoms with Gasteiger partial charge in [-0.15, -0.1) is 11.3 Å². The molecule has 0 saturated heterocycles. The molecule has 1 aliphatic heterocycles. The molecule has 2 nitrogen and oxygen atoms in total. The molecule has 0 atom stereocenters. The highest BCUT2D eigenvalue weighted by Crippen LogP contribution is 2.37. The van der Waals surface area contributed by atoms with Crippen molar-refractivity contribution in [2.45, 2.75) is 12.8 Å². The largest absolute Gasteiger partial charge is 0.493 e. The predicted molar refractivity (Wildman–Crippen MR) is 61.4 cm³/mol. The van der Waals surface area contributed by atoms with Gasteiger partial charge in [-0.1, -0.05) is 12.1 Å². The second kappa shape index (κ2) is 3.66. The van der Waals surface area contributed by atoms with Crippen LogP contribution in [0.2, 0.25) is 0 Å². The molecule has 0 unspecified atom stereocenters. The lowest BCUT2D eigenvalue weighted by Crippen LogP contribution is -2.08. The van der Waals surface area contributed by atoms with Crippen molar-refractivity contribution in [3.8, 4) is 16.2 Å². The van der Waals surface area contributed by atoms with Crippen molar-refractivity contribution in [3.05, 3.63) is 35.5 Å². The smallest absolute Gasteiger partial charge is 0.131 e. The fraction of sp³-hybridized carbons (Fsp3) is 0.250. The van der Waals surface area contributed by atoms with Crippen LogP contribution >= 0.6 is 11.3 Å². The van der Waals surface area contributed by atoms with Crippen molar-refractivity contribution >= 4 is 11.3 Å². The SMILES string of the molecule is c1cc2c(c(-c3cncs3)c1)OCCC2. The Morgan fingerprint density at radius 3 is 3.20 bits per heavy atom. The first kappa shape index (κ1) is 8.92. The van der Waals surface area contributed by atoms with E-state index >= 15 is 0 Å². The summed E-state index contributed by atoms with van der Waals surface area (Å²) < 4.78 is 5.76. The highest BCUT2D eigenvalue weighted by Gasteiger charge is 2.15. The maximum absolute atomic E-state index is 5.76. The van der Waals surface area contributed by atoms with Crippen LogP contribution in [0.15, 0.2) is 29.9 Å². The number of ether oxygens (including phenoxy) is 1. The van der Waals surface area contributed by atoms with Gasteiger partial charge in [-0.2, -0.15) is 0 Å². The summed E-state index contributed by atoms with van der Waals surface area (Å²) in [5.74, 6) is 1.06. The molecule has 15 heavy (non-hydrogen) atoms. The zero-order chi connectivity index (χ0) is 10.1. The van der Waals surface area contributed by atoms with E-state index in [9.17, 15) is 0 Å². The summed E-state index contributed by atoms with van der Waals surface area (Å²) in [6.07, 6.45) is 4.15. The molecular weight excluding hydrogens is 206 g/mol. The quantitative estimate of drug-likeness (QED) is 0.732. The molecule has 3 heteroatoms. The summed E-state index contributed by atoms with van der Waals surface area (Å²) in [5, 5.41) is 0. The van der Waals surface area contributed by atoms with Crippen LogP contribution < -0.4 is 4.74 Å².